The smallest absolute Gasteiger partial charge is 0.850 e. The van der Waals surface area contributed by atoms with Gasteiger partial charge in [0.25, 0.3) is 5.91 Å². The van der Waals surface area contributed by atoms with Gasteiger partial charge in [-0.2, -0.15) is 11.8 Å². The van der Waals surface area contributed by atoms with E-state index in [-0.39, 0.29) is 94.4 Å². The maximum atomic E-state index is 13.8. The summed E-state index contributed by atoms with van der Waals surface area (Å²) in [5.74, 6) is 0.621. The molecule has 20 nitrogen and oxygen atoms in total. The van der Waals surface area contributed by atoms with E-state index < -0.39 is 13.9 Å². The van der Waals surface area contributed by atoms with Crippen LogP contribution in [0.3, 0.4) is 0 Å². The molecular formula is C46H61N11O9PSZn2+. The monoisotopic (exact) mass is 1100 g/mol. The van der Waals surface area contributed by atoms with Gasteiger partial charge in [-0.1, -0.05) is 31.0 Å². The number of carbonyl (C=O) groups excluding carboxylic acids is 4. The quantitative estimate of drug-likeness (QED) is 0.0208. The van der Waals surface area contributed by atoms with Gasteiger partial charge in [0, 0.05) is 94.4 Å². The number of aromatic nitrogens is 4. The normalized spacial score (nSPS) is 16.3. The Morgan fingerprint density at radius 2 is 1.20 bits per heavy atom. The van der Waals surface area contributed by atoms with E-state index in [0.29, 0.717) is 75.0 Å². The second-order valence-electron chi connectivity index (χ2n) is 16.6. The van der Waals surface area contributed by atoms with Crippen LogP contribution in [-0.4, -0.2) is 120 Å². The molecule has 0 spiro atoms. The van der Waals surface area contributed by atoms with Crippen LogP contribution in [0.4, 0.5) is 4.79 Å². The van der Waals surface area contributed by atoms with Gasteiger partial charge in [-0.05, 0) is 87.3 Å². The molecule has 4 atom stereocenters. The van der Waals surface area contributed by atoms with Crippen LogP contribution >= 0.6 is 19.6 Å². The Hall–Kier alpha value is -4.13. The summed E-state index contributed by atoms with van der Waals surface area (Å²) in [5, 5.41) is 28.8. The van der Waals surface area contributed by atoms with Crippen molar-refractivity contribution in [1.29, 1.82) is 0 Å². The van der Waals surface area contributed by atoms with Crippen LogP contribution in [-0.2, 0) is 79.3 Å². The number of urea groups is 1. The van der Waals surface area contributed by atoms with Crippen LogP contribution in [0.1, 0.15) is 84.5 Å². The van der Waals surface area contributed by atoms with Crippen molar-refractivity contribution < 1.29 is 82.5 Å². The first-order valence-electron chi connectivity index (χ1n) is 22.8. The molecule has 6 heterocycles. The molecule has 5 amide bonds. The van der Waals surface area contributed by atoms with E-state index >= 15 is 0 Å². The molecule has 2 fully saturated rings. The third-order valence-corrected chi connectivity index (χ3v) is 12.5. The van der Waals surface area contributed by atoms with Gasteiger partial charge in [-0.15, -0.1) is 6.10 Å². The number of hydrogen-bond donors (Lipinski definition) is 6. The van der Waals surface area contributed by atoms with Gasteiger partial charge in [0.05, 0.1) is 48.2 Å². The van der Waals surface area contributed by atoms with E-state index in [1.165, 1.54) is 6.20 Å². The standard InChI is InChI=1S/C46H60N11O5S.H3O4P.2Zn/c58-39(31-56(27-35-12-5-9-20-47-35)28-36-13-6-10-21-48-36)32-57(29-37-14-7-11-22-49-37)30-38-19-18-34(26-53-38)45(61)52-25-24-51-43(60)16-2-1-8-23-50-42(59)17-4-3-15-41-44-40(33-63-41)54-46(62)55-44;1-5(2,3)4;;/h5-7,9-14,18-22,26,39-41,44H,1-4,8,15-17,23-25,27-33H2,(H,50,59)(H,51,60)(H,52,61)(H2,54,55,62);(H3,1,2,3,4);;/q-1;;2*+2/p-2/t39?,40-,41?,44-;;;/m0.../s1. The third kappa shape index (κ3) is 24.3. The molecule has 6 rings (SSSR count). The molecule has 6 N–H and O–H groups in total. The number of nitrogens with one attached hydrogen (secondary N) is 5. The fourth-order valence-electron chi connectivity index (χ4n) is 7.79. The summed E-state index contributed by atoms with van der Waals surface area (Å²) in [5.41, 5.74) is 3.70. The third-order valence-electron chi connectivity index (χ3n) is 10.9. The van der Waals surface area contributed by atoms with Gasteiger partial charge < -0.3 is 50.9 Å². The van der Waals surface area contributed by atoms with E-state index in [1.807, 2.05) is 71.3 Å². The Morgan fingerprint density at radius 3 is 1.70 bits per heavy atom. The summed E-state index contributed by atoms with van der Waals surface area (Å²) in [6.07, 6.45) is 11.8. The second-order valence-corrected chi connectivity index (χ2v) is 18.8. The molecule has 368 valence electrons. The van der Waals surface area contributed by atoms with Crippen LogP contribution in [0, 0.1) is 0 Å². The number of pyridine rings is 4. The molecule has 4 aromatic rings. The van der Waals surface area contributed by atoms with Crippen molar-refractivity contribution in [1.82, 2.24) is 56.3 Å². The van der Waals surface area contributed by atoms with Gasteiger partial charge in [0.1, 0.15) is 0 Å². The average Bonchev–Trinajstić information content (AvgIpc) is 3.87. The molecule has 70 heavy (non-hydrogen) atoms. The topological polar surface area (TPSA) is 293 Å². The molecule has 0 aromatic carbocycles. The number of amides is 5. The fraction of sp³-hybridized carbons (Fsp3) is 0.478. The molecule has 0 aliphatic carbocycles. The zero-order valence-corrected chi connectivity index (χ0v) is 47.0. The van der Waals surface area contributed by atoms with Crippen LogP contribution < -0.4 is 41.5 Å². The number of unbranched alkanes of at least 4 members (excludes halogenated alkanes) is 3. The summed E-state index contributed by atoms with van der Waals surface area (Å²) >= 11 is 1.89. The van der Waals surface area contributed by atoms with Crippen molar-refractivity contribution in [2.24, 2.45) is 0 Å². The largest absolute Gasteiger partial charge is 2.00 e. The molecule has 2 aliphatic rings. The van der Waals surface area contributed by atoms with Crippen LogP contribution in [0.25, 0.3) is 0 Å². The van der Waals surface area contributed by atoms with Crippen molar-refractivity contribution in [2.45, 2.75) is 101 Å². The first-order valence-corrected chi connectivity index (χ1v) is 25.3. The molecule has 0 radical (unpaired) electrons. The Kier molecular flexibility index (Phi) is 28.2. The molecule has 24 heteroatoms. The predicted molar refractivity (Wildman–Crippen MR) is 250 cm³/mol. The first kappa shape index (κ1) is 60.2. The summed E-state index contributed by atoms with van der Waals surface area (Å²) in [4.78, 5) is 95.4. The number of nitrogens with zero attached hydrogens (tertiary/aromatic N) is 6. The Balaban J connectivity index is 0.00000176. The van der Waals surface area contributed by atoms with Gasteiger partial charge in [-0.3, -0.25) is 44.1 Å². The molecular weight excluding hydrogens is 1040 g/mol. The van der Waals surface area contributed by atoms with Crippen molar-refractivity contribution in [3.05, 3.63) is 120 Å². The number of hydrogen-bond acceptors (Lipinski definition) is 15. The van der Waals surface area contributed by atoms with Crippen molar-refractivity contribution in [2.75, 3.05) is 38.5 Å². The molecule has 2 unspecified atom stereocenters. The summed E-state index contributed by atoms with van der Waals surface area (Å²) in [6.45, 7) is 3.58. The van der Waals surface area contributed by atoms with E-state index in [9.17, 15) is 24.3 Å². The van der Waals surface area contributed by atoms with E-state index in [1.54, 1.807) is 30.7 Å². The molecule has 2 aliphatic heterocycles. The molecule has 0 bridgehead atoms. The zero-order valence-electron chi connectivity index (χ0n) is 39.4. The zero-order chi connectivity index (χ0) is 48.6. The number of carbonyl (C=O) groups is 4. The van der Waals surface area contributed by atoms with Gasteiger partial charge in [0.2, 0.25) is 11.8 Å². The molecule has 0 saturated carbocycles. The Bertz CT molecular complexity index is 2150. The molecule has 4 aromatic heterocycles. The summed E-state index contributed by atoms with van der Waals surface area (Å²) in [7, 11) is -5.14. The van der Waals surface area contributed by atoms with E-state index in [0.717, 1.165) is 54.9 Å². The van der Waals surface area contributed by atoms with Crippen LogP contribution in [0.15, 0.2) is 91.5 Å². The Labute approximate surface area is 438 Å². The minimum Gasteiger partial charge on any atom is -0.850 e. The first-order chi connectivity index (χ1) is 32.8. The number of phosphoric acid groups is 1. The van der Waals surface area contributed by atoms with E-state index in [2.05, 4.69) is 51.4 Å². The number of thioether (sulfide) groups is 1. The fourth-order valence-corrected chi connectivity index (χ4v) is 9.34. The summed E-state index contributed by atoms with van der Waals surface area (Å²) in [6, 6.07) is 21.1. The van der Waals surface area contributed by atoms with Crippen LogP contribution in [0.5, 0.6) is 0 Å². The van der Waals surface area contributed by atoms with Crippen molar-refractivity contribution in [3.8, 4) is 0 Å². The van der Waals surface area contributed by atoms with Crippen molar-refractivity contribution >= 4 is 43.3 Å². The maximum Gasteiger partial charge on any atom is 2.00 e. The maximum absolute atomic E-state index is 13.8. The Morgan fingerprint density at radius 1 is 0.700 bits per heavy atom. The van der Waals surface area contributed by atoms with Gasteiger partial charge in [-0.25, -0.2) is 4.79 Å². The second kappa shape index (κ2) is 32.8. The number of fused-ring (bicyclic) bond motifs is 1. The minimum atomic E-state index is -5.14. The van der Waals surface area contributed by atoms with Crippen molar-refractivity contribution in [3.63, 3.8) is 0 Å². The summed E-state index contributed by atoms with van der Waals surface area (Å²) < 4.78 is 8.66. The van der Waals surface area contributed by atoms with Crippen LogP contribution in [0.2, 0.25) is 0 Å². The van der Waals surface area contributed by atoms with E-state index in [4.69, 9.17) is 19.2 Å². The number of rotatable bonds is 27. The minimum absolute atomic E-state index is 0. The van der Waals surface area contributed by atoms with Gasteiger partial charge >= 0.3 is 45.0 Å². The van der Waals surface area contributed by atoms with Gasteiger partial charge in [0.15, 0.2) is 0 Å². The average molecular weight is 1110 g/mol. The molecule has 2 saturated heterocycles. The predicted octanol–water partition coefficient (Wildman–Crippen LogP) is 0.751. The SMILES string of the molecule is O=C(CCCCC1SC[C@@H]2NC(=O)N[C@H]12)NCCCCCC(=O)NCCNC(=O)c1ccc(CN(Cc2ccccn2)CC([O-])CN(Cc2ccccn2)Cc2ccccn2)nc1.O=P([O-])([O-])O.[Zn+2].[Zn+2].